The predicted molar refractivity (Wildman–Crippen MR) is 133 cm³/mol. The summed E-state index contributed by atoms with van der Waals surface area (Å²) < 4.78 is 34.3. The lowest BCUT2D eigenvalue weighted by Gasteiger charge is -2.39. The van der Waals surface area contributed by atoms with Gasteiger partial charge >= 0.3 is 5.76 Å². The van der Waals surface area contributed by atoms with Crippen molar-refractivity contribution in [3.63, 3.8) is 0 Å². The Hall–Kier alpha value is -2.82. The van der Waals surface area contributed by atoms with E-state index in [2.05, 4.69) is 4.90 Å². The second kappa shape index (κ2) is 9.33. The van der Waals surface area contributed by atoms with E-state index in [4.69, 9.17) is 16.0 Å². The van der Waals surface area contributed by atoms with Crippen LogP contribution >= 0.6 is 11.6 Å². The van der Waals surface area contributed by atoms with Crippen LogP contribution in [0.1, 0.15) is 12.8 Å². The van der Waals surface area contributed by atoms with Gasteiger partial charge in [0.05, 0.1) is 10.4 Å². The fourth-order valence-electron chi connectivity index (χ4n) is 4.86. The van der Waals surface area contributed by atoms with Crippen molar-refractivity contribution in [3.05, 3.63) is 58.0 Å². The van der Waals surface area contributed by atoms with Crippen LogP contribution in [-0.2, 0) is 21.9 Å². The number of fused-ring (bicyclic) bond motifs is 1. The maximum absolute atomic E-state index is 13.2. The van der Waals surface area contributed by atoms with Crippen LogP contribution in [0, 0.1) is 5.92 Å². The summed E-state index contributed by atoms with van der Waals surface area (Å²) in [6.07, 6.45) is 0.969. The van der Waals surface area contributed by atoms with Crippen LogP contribution < -0.4 is 10.7 Å². The summed E-state index contributed by atoms with van der Waals surface area (Å²) in [6.45, 7) is 3.34. The molecule has 11 heteroatoms. The average molecular weight is 519 g/mol. The number of anilines is 1. The highest BCUT2D eigenvalue weighted by Gasteiger charge is 2.35. The van der Waals surface area contributed by atoms with Crippen LogP contribution in [0.5, 0.6) is 0 Å². The first-order valence-corrected chi connectivity index (χ1v) is 13.4. The number of piperidine rings is 1. The Morgan fingerprint density at radius 3 is 2.29 bits per heavy atom. The number of halogens is 1. The lowest BCUT2D eigenvalue weighted by molar-refractivity contribution is -0.137. The SMILES string of the molecule is Cn1c(=O)oc2cc(S(=O)(=O)N3CCC(C(=O)N4CCN(c5ccc(Cl)cc5)CC4)CC3)ccc21. The Morgan fingerprint density at radius 2 is 1.63 bits per heavy atom. The molecule has 1 amide bonds. The fraction of sp³-hybridized carbons (Fsp3) is 0.417. The van der Waals surface area contributed by atoms with Gasteiger partial charge in [-0.15, -0.1) is 0 Å². The molecular weight excluding hydrogens is 492 g/mol. The number of carbonyl (C=O) groups excluding carboxylic acids is 1. The Bertz CT molecular complexity index is 1400. The number of benzene rings is 2. The van der Waals surface area contributed by atoms with Gasteiger partial charge in [0, 0.05) is 69.0 Å². The van der Waals surface area contributed by atoms with Crippen molar-refractivity contribution in [2.24, 2.45) is 13.0 Å². The fourth-order valence-corrected chi connectivity index (χ4v) is 6.47. The van der Waals surface area contributed by atoms with Gasteiger partial charge in [-0.05, 0) is 49.2 Å². The third-order valence-corrected chi connectivity index (χ3v) is 9.13. The molecule has 0 radical (unpaired) electrons. The number of amides is 1. The van der Waals surface area contributed by atoms with Gasteiger partial charge in [-0.2, -0.15) is 4.31 Å². The van der Waals surface area contributed by atoms with E-state index in [1.165, 1.54) is 21.0 Å². The minimum Gasteiger partial charge on any atom is -0.408 e. The van der Waals surface area contributed by atoms with Gasteiger partial charge in [0.25, 0.3) is 0 Å². The molecule has 3 heterocycles. The second-order valence-corrected chi connectivity index (χ2v) is 11.4. The number of carbonyl (C=O) groups is 1. The minimum absolute atomic E-state index is 0.0856. The zero-order valence-electron chi connectivity index (χ0n) is 19.4. The first-order valence-electron chi connectivity index (χ1n) is 11.6. The van der Waals surface area contributed by atoms with Crippen molar-refractivity contribution < 1.29 is 17.6 Å². The Morgan fingerprint density at radius 1 is 0.971 bits per heavy atom. The Labute approximate surface area is 208 Å². The zero-order valence-corrected chi connectivity index (χ0v) is 21.0. The predicted octanol–water partition coefficient (Wildman–Crippen LogP) is 2.53. The van der Waals surface area contributed by atoms with Crippen LogP contribution in [0.25, 0.3) is 11.1 Å². The highest BCUT2D eigenvalue weighted by atomic mass is 35.5. The van der Waals surface area contributed by atoms with Crippen molar-refractivity contribution in [1.82, 2.24) is 13.8 Å². The molecule has 2 saturated heterocycles. The number of hydrogen-bond acceptors (Lipinski definition) is 6. The molecule has 2 fully saturated rings. The highest BCUT2D eigenvalue weighted by molar-refractivity contribution is 7.89. The maximum atomic E-state index is 13.2. The largest absolute Gasteiger partial charge is 0.419 e. The molecular formula is C24H27ClN4O5S. The van der Waals surface area contributed by atoms with Crippen LogP contribution in [0.4, 0.5) is 5.69 Å². The number of sulfonamides is 1. The molecule has 1 aromatic heterocycles. The minimum atomic E-state index is -3.75. The number of rotatable bonds is 4. The van der Waals surface area contributed by atoms with Gasteiger partial charge in [0.1, 0.15) is 0 Å². The topological polar surface area (TPSA) is 96.1 Å². The van der Waals surface area contributed by atoms with E-state index in [9.17, 15) is 18.0 Å². The highest BCUT2D eigenvalue weighted by Crippen LogP contribution is 2.28. The van der Waals surface area contributed by atoms with E-state index in [-0.39, 0.29) is 35.4 Å². The second-order valence-electron chi connectivity index (χ2n) is 9.02. The number of aryl methyl sites for hydroxylation is 1. The lowest BCUT2D eigenvalue weighted by Crippen LogP contribution is -2.52. The number of piperazine rings is 1. The van der Waals surface area contributed by atoms with E-state index < -0.39 is 15.8 Å². The number of oxazole rings is 1. The molecule has 186 valence electrons. The van der Waals surface area contributed by atoms with Gasteiger partial charge in [-0.25, -0.2) is 13.2 Å². The van der Waals surface area contributed by atoms with Crippen LogP contribution in [0.2, 0.25) is 5.02 Å². The molecule has 0 atom stereocenters. The first-order chi connectivity index (χ1) is 16.7. The molecule has 0 bridgehead atoms. The molecule has 0 spiro atoms. The number of aromatic nitrogens is 1. The Balaban J connectivity index is 1.19. The lowest BCUT2D eigenvalue weighted by atomic mass is 9.96. The van der Waals surface area contributed by atoms with Gasteiger partial charge in [-0.3, -0.25) is 9.36 Å². The van der Waals surface area contributed by atoms with Gasteiger partial charge in [0.2, 0.25) is 15.9 Å². The van der Waals surface area contributed by atoms with E-state index in [0.29, 0.717) is 36.5 Å². The standard InChI is InChI=1S/C24H27ClN4O5S/c1-26-21-7-6-20(16-22(21)34-24(26)31)35(32,33)29-10-8-17(9-11-29)23(30)28-14-12-27(13-15-28)19-4-2-18(25)3-5-19/h2-7,16-17H,8-15H2,1H3. The molecule has 3 aromatic rings. The molecule has 0 unspecified atom stereocenters. The molecule has 2 aromatic carbocycles. The zero-order chi connectivity index (χ0) is 24.7. The number of nitrogens with zero attached hydrogens (tertiary/aromatic N) is 4. The van der Waals surface area contributed by atoms with E-state index in [1.807, 2.05) is 29.2 Å². The third kappa shape index (κ3) is 4.57. The van der Waals surface area contributed by atoms with E-state index in [0.717, 1.165) is 18.8 Å². The Kier molecular flexibility index (Phi) is 6.37. The molecule has 0 aliphatic carbocycles. The quantitative estimate of drug-likeness (QED) is 0.526. The summed E-state index contributed by atoms with van der Waals surface area (Å²) in [5.74, 6) is -0.619. The summed E-state index contributed by atoms with van der Waals surface area (Å²) in [5, 5.41) is 0.697. The summed E-state index contributed by atoms with van der Waals surface area (Å²) >= 11 is 5.98. The molecule has 2 aliphatic heterocycles. The van der Waals surface area contributed by atoms with Crippen LogP contribution in [0.15, 0.2) is 56.6 Å². The summed E-state index contributed by atoms with van der Waals surface area (Å²) in [6, 6.07) is 12.2. The molecule has 0 saturated carbocycles. The summed E-state index contributed by atoms with van der Waals surface area (Å²) in [5.41, 5.74) is 1.86. The third-order valence-electron chi connectivity index (χ3n) is 6.99. The van der Waals surface area contributed by atoms with Crippen molar-refractivity contribution in [2.75, 3.05) is 44.2 Å². The van der Waals surface area contributed by atoms with E-state index in [1.54, 1.807) is 13.1 Å². The normalized spacial score (nSPS) is 18.3. The van der Waals surface area contributed by atoms with Gasteiger partial charge in [-0.1, -0.05) is 11.6 Å². The van der Waals surface area contributed by atoms with Crippen molar-refractivity contribution in [3.8, 4) is 0 Å². The van der Waals surface area contributed by atoms with Crippen molar-refractivity contribution in [1.29, 1.82) is 0 Å². The smallest absolute Gasteiger partial charge is 0.408 e. The molecule has 2 aliphatic rings. The van der Waals surface area contributed by atoms with Crippen LogP contribution in [-0.4, -0.2) is 67.4 Å². The average Bonchev–Trinajstić information content (AvgIpc) is 3.17. The molecule has 9 nitrogen and oxygen atoms in total. The van der Waals surface area contributed by atoms with E-state index >= 15 is 0 Å². The maximum Gasteiger partial charge on any atom is 0.419 e. The number of hydrogen-bond donors (Lipinski definition) is 0. The summed E-state index contributed by atoms with van der Waals surface area (Å²) in [4.78, 5) is 29.1. The molecule has 5 rings (SSSR count). The van der Waals surface area contributed by atoms with Gasteiger partial charge in [0.15, 0.2) is 5.58 Å². The summed E-state index contributed by atoms with van der Waals surface area (Å²) in [7, 11) is -2.18. The molecule has 35 heavy (non-hydrogen) atoms. The van der Waals surface area contributed by atoms with Crippen LogP contribution in [0.3, 0.4) is 0 Å². The van der Waals surface area contributed by atoms with Crippen molar-refractivity contribution >= 4 is 44.3 Å². The van der Waals surface area contributed by atoms with Crippen molar-refractivity contribution in [2.45, 2.75) is 17.7 Å². The monoisotopic (exact) mass is 518 g/mol. The van der Waals surface area contributed by atoms with Gasteiger partial charge < -0.3 is 14.2 Å². The molecule has 0 N–H and O–H groups in total. The first kappa shape index (κ1) is 23.9.